The molecule has 1 fully saturated rings. The van der Waals surface area contributed by atoms with Crippen molar-refractivity contribution in [2.24, 2.45) is 16.7 Å². The Bertz CT molecular complexity index is 218. The van der Waals surface area contributed by atoms with Crippen LogP contribution in [0.15, 0.2) is 0 Å². The van der Waals surface area contributed by atoms with Gasteiger partial charge in [-0.3, -0.25) is 0 Å². The van der Waals surface area contributed by atoms with Crippen LogP contribution in [0.4, 0.5) is 0 Å². The zero-order valence-electron chi connectivity index (χ0n) is 13.4. The average molecular weight is 253 g/mol. The molecule has 1 rings (SSSR count). The van der Waals surface area contributed by atoms with Gasteiger partial charge >= 0.3 is 0 Å². The van der Waals surface area contributed by atoms with Gasteiger partial charge in [-0.25, -0.2) is 0 Å². The number of hydrogen-bond acceptors (Lipinski definition) is 1. The zero-order chi connectivity index (χ0) is 13.6. The fourth-order valence-corrected chi connectivity index (χ4v) is 3.08. The maximum Gasteiger partial charge on any atom is 0.000792 e. The summed E-state index contributed by atoms with van der Waals surface area (Å²) in [7, 11) is 0. The van der Waals surface area contributed by atoms with E-state index in [1.807, 2.05) is 0 Å². The molecule has 0 atom stereocenters. The fraction of sp³-hybridized carbons (Fsp3) is 1.00. The molecule has 0 unspecified atom stereocenters. The van der Waals surface area contributed by atoms with Gasteiger partial charge < -0.3 is 5.32 Å². The van der Waals surface area contributed by atoms with Crippen LogP contribution in [0.25, 0.3) is 0 Å². The van der Waals surface area contributed by atoms with E-state index in [-0.39, 0.29) is 0 Å². The lowest BCUT2D eigenvalue weighted by atomic mass is 9.68. The summed E-state index contributed by atoms with van der Waals surface area (Å²) in [5.41, 5.74) is 1.10. The number of rotatable bonds is 6. The quantitative estimate of drug-likeness (QED) is 0.701. The Morgan fingerprint density at radius 1 is 1.06 bits per heavy atom. The molecule has 0 bridgehead atoms. The maximum absolute atomic E-state index is 3.73. The minimum atomic E-state index is 0.489. The molecule has 0 aliphatic heterocycles. The summed E-state index contributed by atoms with van der Waals surface area (Å²) >= 11 is 0. The van der Waals surface area contributed by atoms with Crippen molar-refractivity contribution in [1.82, 2.24) is 5.32 Å². The summed E-state index contributed by atoms with van der Waals surface area (Å²) in [4.78, 5) is 0. The van der Waals surface area contributed by atoms with Crippen molar-refractivity contribution in [3.63, 3.8) is 0 Å². The van der Waals surface area contributed by atoms with Crippen molar-refractivity contribution in [2.45, 2.75) is 79.6 Å². The molecular formula is C17H35N. The Morgan fingerprint density at radius 3 is 2.17 bits per heavy atom. The Morgan fingerprint density at radius 2 is 1.67 bits per heavy atom. The minimum absolute atomic E-state index is 0.489. The molecule has 0 radical (unpaired) electrons. The third-order valence-electron chi connectivity index (χ3n) is 4.37. The molecule has 1 N–H and O–H groups in total. The van der Waals surface area contributed by atoms with Crippen LogP contribution in [0.3, 0.4) is 0 Å². The smallest absolute Gasteiger partial charge is 0.000792 e. The highest BCUT2D eigenvalue weighted by atomic mass is 14.9. The molecule has 0 amide bonds. The van der Waals surface area contributed by atoms with E-state index in [1.165, 1.54) is 58.0 Å². The minimum Gasteiger partial charge on any atom is -0.316 e. The van der Waals surface area contributed by atoms with Gasteiger partial charge in [0.15, 0.2) is 0 Å². The molecule has 0 heterocycles. The summed E-state index contributed by atoms with van der Waals surface area (Å²) in [5.74, 6) is 0.772. The van der Waals surface area contributed by atoms with Crippen LogP contribution >= 0.6 is 0 Å². The Hall–Kier alpha value is -0.0400. The van der Waals surface area contributed by atoms with Gasteiger partial charge in [0.2, 0.25) is 0 Å². The third-order valence-corrected chi connectivity index (χ3v) is 4.37. The lowest BCUT2D eigenvalue weighted by Crippen LogP contribution is -2.38. The molecule has 0 spiro atoms. The predicted molar refractivity (Wildman–Crippen MR) is 81.9 cm³/mol. The molecule has 0 saturated heterocycles. The molecule has 0 aromatic heterocycles. The highest BCUT2D eigenvalue weighted by molar-refractivity contribution is 4.86. The van der Waals surface area contributed by atoms with Crippen molar-refractivity contribution in [2.75, 3.05) is 13.1 Å². The topological polar surface area (TPSA) is 12.0 Å². The second kappa shape index (κ2) is 6.93. The van der Waals surface area contributed by atoms with Crippen molar-refractivity contribution in [1.29, 1.82) is 0 Å². The fourth-order valence-electron chi connectivity index (χ4n) is 3.08. The molecule has 1 aliphatic rings. The predicted octanol–water partition coefficient (Wildman–Crippen LogP) is 5.01. The van der Waals surface area contributed by atoms with E-state index in [0.717, 1.165) is 5.92 Å². The lowest BCUT2D eigenvalue weighted by molar-refractivity contribution is 0.141. The molecule has 1 heteroatoms. The Labute approximate surface area is 115 Å². The van der Waals surface area contributed by atoms with Gasteiger partial charge in [0.25, 0.3) is 0 Å². The van der Waals surface area contributed by atoms with Crippen LogP contribution in [0.2, 0.25) is 0 Å². The van der Waals surface area contributed by atoms with E-state index in [9.17, 15) is 0 Å². The molecule has 108 valence electrons. The molecule has 1 saturated carbocycles. The first-order valence-electron chi connectivity index (χ1n) is 8.04. The molecule has 1 nitrogen and oxygen atoms in total. The second-order valence-electron chi connectivity index (χ2n) is 8.15. The number of nitrogens with one attached hydrogen (secondary N) is 1. The van der Waals surface area contributed by atoms with Gasteiger partial charge in [-0.05, 0) is 49.0 Å². The van der Waals surface area contributed by atoms with Crippen LogP contribution in [0.5, 0.6) is 0 Å². The normalized spacial score (nSPS) is 20.3. The summed E-state index contributed by atoms with van der Waals surface area (Å²) in [6.45, 7) is 14.2. The van der Waals surface area contributed by atoms with E-state index in [4.69, 9.17) is 0 Å². The van der Waals surface area contributed by atoms with Crippen LogP contribution in [0, 0.1) is 16.7 Å². The van der Waals surface area contributed by atoms with Gasteiger partial charge in [-0.1, -0.05) is 53.9 Å². The molecule has 1 aliphatic carbocycles. The van der Waals surface area contributed by atoms with Crippen molar-refractivity contribution < 1.29 is 0 Å². The SMILES string of the molecule is CC(C)CNCC1(CCC(C)(C)C)CCCCC1. The average Bonchev–Trinajstić information content (AvgIpc) is 2.27. The van der Waals surface area contributed by atoms with Crippen molar-refractivity contribution in [3.05, 3.63) is 0 Å². The van der Waals surface area contributed by atoms with E-state index >= 15 is 0 Å². The maximum atomic E-state index is 3.73. The number of hydrogen-bond donors (Lipinski definition) is 1. The standard InChI is InChI=1S/C17H35N/c1-15(2)13-18-14-17(9-7-6-8-10-17)12-11-16(3,4)5/h15,18H,6-14H2,1-5H3. The third kappa shape index (κ3) is 6.22. The zero-order valence-corrected chi connectivity index (χ0v) is 13.4. The summed E-state index contributed by atoms with van der Waals surface area (Å²) < 4.78 is 0. The monoisotopic (exact) mass is 253 g/mol. The van der Waals surface area contributed by atoms with Gasteiger partial charge in [0.1, 0.15) is 0 Å². The van der Waals surface area contributed by atoms with Gasteiger partial charge in [-0.15, -0.1) is 0 Å². The van der Waals surface area contributed by atoms with E-state index in [2.05, 4.69) is 39.9 Å². The van der Waals surface area contributed by atoms with Crippen LogP contribution in [-0.2, 0) is 0 Å². The highest BCUT2D eigenvalue weighted by Gasteiger charge is 2.32. The lowest BCUT2D eigenvalue weighted by Gasteiger charge is -2.39. The van der Waals surface area contributed by atoms with Crippen molar-refractivity contribution >= 4 is 0 Å². The molecular weight excluding hydrogens is 218 g/mol. The van der Waals surface area contributed by atoms with E-state index in [1.54, 1.807) is 0 Å². The molecule has 0 aromatic rings. The van der Waals surface area contributed by atoms with Crippen LogP contribution in [-0.4, -0.2) is 13.1 Å². The Balaban J connectivity index is 2.46. The summed E-state index contributed by atoms with van der Waals surface area (Å²) in [5, 5.41) is 3.73. The van der Waals surface area contributed by atoms with Crippen LogP contribution < -0.4 is 5.32 Å². The van der Waals surface area contributed by atoms with E-state index < -0.39 is 0 Å². The molecule has 18 heavy (non-hydrogen) atoms. The van der Waals surface area contributed by atoms with Gasteiger partial charge in [0.05, 0.1) is 0 Å². The first-order valence-corrected chi connectivity index (χ1v) is 8.04. The highest BCUT2D eigenvalue weighted by Crippen LogP contribution is 2.42. The van der Waals surface area contributed by atoms with Gasteiger partial charge in [0, 0.05) is 6.54 Å². The second-order valence-corrected chi connectivity index (χ2v) is 8.15. The molecule has 0 aromatic carbocycles. The summed E-state index contributed by atoms with van der Waals surface area (Å²) in [6, 6.07) is 0. The summed E-state index contributed by atoms with van der Waals surface area (Å²) in [6.07, 6.45) is 10.1. The van der Waals surface area contributed by atoms with Crippen molar-refractivity contribution in [3.8, 4) is 0 Å². The van der Waals surface area contributed by atoms with E-state index in [0.29, 0.717) is 10.8 Å². The first kappa shape index (κ1) is 16.0. The Kier molecular flexibility index (Phi) is 6.17. The van der Waals surface area contributed by atoms with Gasteiger partial charge in [-0.2, -0.15) is 0 Å². The largest absolute Gasteiger partial charge is 0.316 e. The first-order chi connectivity index (χ1) is 8.33. The van der Waals surface area contributed by atoms with Crippen LogP contribution in [0.1, 0.15) is 79.6 Å².